The van der Waals surface area contributed by atoms with Crippen LogP contribution in [0.4, 0.5) is 8.78 Å². The molecule has 0 spiro atoms. The van der Waals surface area contributed by atoms with E-state index >= 15 is 0 Å². The molecule has 1 amide bonds. The smallest absolute Gasteiger partial charge is 0.248 e. The van der Waals surface area contributed by atoms with Crippen LogP contribution in [0.15, 0.2) is 12.1 Å². The van der Waals surface area contributed by atoms with Crippen LogP contribution in [0.25, 0.3) is 0 Å². The maximum Gasteiger partial charge on any atom is 0.248 e. The van der Waals surface area contributed by atoms with Gasteiger partial charge in [-0.3, -0.25) is 4.79 Å². The Bertz CT molecular complexity index is 439. The summed E-state index contributed by atoms with van der Waals surface area (Å²) in [4.78, 5) is 11.0. The number of carbonyl (C=O) groups excluding carboxylic acids is 1. The largest absolute Gasteiger partial charge is 0.366 e. The fraction of sp³-hybridized carbons (Fsp3) is 0.462. The Kier molecular flexibility index (Phi) is 3.41. The molecule has 0 aromatic heterocycles. The molecule has 0 unspecified atom stereocenters. The van der Waals surface area contributed by atoms with Gasteiger partial charge >= 0.3 is 0 Å². The van der Waals surface area contributed by atoms with Gasteiger partial charge in [0.25, 0.3) is 0 Å². The van der Waals surface area contributed by atoms with E-state index in [1.807, 2.05) is 0 Å². The standard InChI is InChI=1S/C13H15F2NO/c14-11-7-9(13(16)17)6-10(12(11)15)8-4-2-1-3-5-8/h6-8H,1-5H2,(H2,16,17). The first-order valence-electron chi connectivity index (χ1n) is 5.88. The van der Waals surface area contributed by atoms with Crippen LogP contribution in [0.1, 0.15) is 53.9 Å². The highest BCUT2D eigenvalue weighted by atomic mass is 19.2. The van der Waals surface area contributed by atoms with Crippen molar-refractivity contribution in [3.05, 3.63) is 34.9 Å². The minimum atomic E-state index is -0.984. The first-order chi connectivity index (χ1) is 8.09. The Labute approximate surface area is 98.8 Å². The second kappa shape index (κ2) is 4.82. The Morgan fingerprint density at radius 3 is 2.41 bits per heavy atom. The predicted molar refractivity (Wildman–Crippen MR) is 60.7 cm³/mol. The summed E-state index contributed by atoms with van der Waals surface area (Å²) in [5.74, 6) is -2.53. The summed E-state index contributed by atoms with van der Waals surface area (Å²) in [6.45, 7) is 0. The summed E-state index contributed by atoms with van der Waals surface area (Å²) < 4.78 is 27.1. The molecular weight excluding hydrogens is 224 g/mol. The van der Waals surface area contributed by atoms with Gasteiger partial charge in [-0.05, 0) is 36.5 Å². The van der Waals surface area contributed by atoms with E-state index in [1.54, 1.807) is 0 Å². The lowest BCUT2D eigenvalue weighted by molar-refractivity contribution is 0.0999. The van der Waals surface area contributed by atoms with Gasteiger partial charge in [-0.15, -0.1) is 0 Å². The summed E-state index contributed by atoms with van der Waals surface area (Å²) in [6, 6.07) is 2.26. The zero-order chi connectivity index (χ0) is 12.4. The van der Waals surface area contributed by atoms with E-state index in [9.17, 15) is 13.6 Å². The lowest BCUT2D eigenvalue weighted by atomic mass is 9.83. The molecule has 0 atom stereocenters. The Morgan fingerprint density at radius 2 is 1.82 bits per heavy atom. The number of halogens is 2. The van der Waals surface area contributed by atoms with Gasteiger partial charge in [0.05, 0.1) is 0 Å². The number of hydrogen-bond acceptors (Lipinski definition) is 1. The number of primary amides is 1. The van der Waals surface area contributed by atoms with Crippen molar-refractivity contribution in [2.45, 2.75) is 38.0 Å². The number of amides is 1. The van der Waals surface area contributed by atoms with Crippen molar-refractivity contribution in [1.82, 2.24) is 0 Å². The molecule has 4 heteroatoms. The molecule has 0 heterocycles. The molecule has 2 N–H and O–H groups in total. The van der Waals surface area contributed by atoms with E-state index in [-0.39, 0.29) is 11.5 Å². The summed E-state index contributed by atoms with van der Waals surface area (Å²) in [7, 11) is 0. The fourth-order valence-corrected chi connectivity index (χ4v) is 2.46. The molecular formula is C13H15F2NO. The zero-order valence-electron chi connectivity index (χ0n) is 9.51. The molecule has 92 valence electrons. The fourth-order valence-electron chi connectivity index (χ4n) is 2.46. The van der Waals surface area contributed by atoms with Crippen LogP contribution >= 0.6 is 0 Å². The van der Waals surface area contributed by atoms with Gasteiger partial charge in [-0.2, -0.15) is 0 Å². The maximum absolute atomic E-state index is 13.7. The first kappa shape index (κ1) is 12.0. The SMILES string of the molecule is NC(=O)c1cc(F)c(F)c(C2CCCCC2)c1. The average molecular weight is 239 g/mol. The second-order valence-corrected chi connectivity index (χ2v) is 4.56. The van der Waals surface area contributed by atoms with Crippen LogP contribution < -0.4 is 5.73 Å². The topological polar surface area (TPSA) is 43.1 Å². The minimum absolute atomic E-state index is 0.0116. The highest BCUT2D eigenvalue weighted by Gasteiger charge is 2.22. The summed E-state index contributed by atoms with van der Waals surface area (Å²) in [5.41, 5.74) is 5.45. The number of carbonyl (C=O) groups is 1. The second-order valence-electron chi connectivity index (χ2n) is 4.56. The van der Waals surface area contributed by atoms with Crippen LogP contribution in [0.2, 0.25) is 0 Å². The highest BCUT2D eigenvalue weighted by Crippen LogP contribution is 2.35. The molecule has 1 fully saturated rings. The van der Waals surface area contributed by atoms with E-state index in [0.29, 0.717) is 5.56 Å². The van der Waals surface area contributed by atoms with Gasteiger partial charge < -0.3 is 5.73 Å². The van der Waals surface area contributed by atoms with E-state index < -0.39 is 17.5 Å². The van der Waals surface area contributed by atoms with Crippen molar-refractivity contribution in [3.63, 3.8) is 0 Å². The number of nitrogens with two attached hydrogens (primary N) is 1. The van der Waals surface area contributed by atoms with Crippen LogP contribution in [0.3, 0.4) is 0 Å². The van der Waals surface area contributed by atoms with Gasteiger partial charge in [0.1, 0.15) is 0 Å². The minimum Gasteiger partial charge on any atom is -0.366 e. The van der Waals surface area contributed by atoms with E-state index in [4.69, 9.17) is 5.73 Å². The van der Waals surface area contributed by atoms with Gasteiger partial charge in [0.2, 0.25) is 5.91 Å². The normalized spacial score (nSPS) is 17.1. The summed E-state index contributed by atoms with van der Waals surface area (Å²) in [6.07, 6.45) is 4.87. The average Bonchev–Trinajstić information content (AvgIpc) is 2.33. The molecule has 1 saturated carbocycles. The quantitative estimate of drug-likeness (QED) is 0.846. The van der Waals surface area contributed by atoms with Crippen molar-refractivity contribution < 1.29 is 13.6 Å². The van der Waals surface area contributed by atoms with Crippen molar-refractivity contribution in [2.24, 2.45) is 5.73 Å². The molecule has 0 aliphatic heterocycles. The third-order valence-electron chi connectivity index (χ3n) is 3.39. The third kappa shape index (κ3) is 2.46. The molecule has 17 heavy (non-hydrogen) atoms. The lowest BCUT2D eigenvalue weighted by Gasteiger charge is -2.22. The van der Waals surface area contributed by atoms with Crippen molar-refractivity contribution in [3.8, 4) is 0 Å². The molecule has 1 aromatic rings. The van der Waals surface area contributed by atoms with Gasteiger partial charge in [-0.25, -0.2) is 8.78 Å². The summed E-state index contributed by atoms with van der Waals surface area (Å²) >= 11 is 0. The molecule has 1 aliphatic carbocycles. The summed E-state index contributed by atoms with van der Waals surface area (Å²) in [5, 5.41) is 0. The molecule has 2 nitrogen and oxygen atoms in total. The van der Waals surface area contributed by atoms with Crippen LogP contribution in [-0.2, 0) is 0 Å². The van der Waals surface area contributed by atoms with Gasteiger partial charge in [0, 0.05) is 5.56 Å². The van der Waals surface area contributed by atoms with Crippen LogP contribution in [0.5, 0.6) is 0 Å². The van der Waals surface area contributed by atoms with Gasteiger partial charge in [-0.1, -0.05) is 19.3 Å². The van der Waals surface area contributed by atoms with Gasteiger partial charge in [0.15, 0.2) is 11.6 Å². The molecule has 0 bridgehead atoms. The Hall–Kier alpha value is -1.45. The third-order valence-corrected chi connectivity index (χ3v) is 3.39. The van der Waals surface area contributed by atoms with E-state index in [0.717, 1.165) is 38.2 Å². The molecule has 0 radical (unpaired) electrons. The molecule has 2 rings (SSSR count). The first-order valence-corrected chi connectivity index (χ1v) is 5.88. The predicted octanol–water partition coefficient (Wildman–Crippen LogP) is 3.11. The molecule has 1 aliphatic rings. The van der Waals surface area contributed by atoms with E-state index in [1.165, 1.54) is 6.07 Å². The van der Waals surface area contributed by atoms with Crippen LogP contribution in [0, 0.1) is 11.6 Å². The highest BCUT2D eigenvalue weighted by molar-refractivity contribution is 5.93. The van der Waals surface area contributed by atoms with Crippen molar-refractivity contribution in [2.75, 3.05) is 0 Å². The van der Waals surface area contributed by atoms with Crippen molar-refractivity contribution in [1.29, 1.82) is 0 Å². The number of benzene rings is 1. The lowest BCUT2D eigenvalue weighted by Crippen LogP contribution is -2.15. The van der Waals surface area contributed by atoms with E-state index in [2.05, 4.69) is 0 Å². The Balaban J connectivity index is 2.40. The van der Waals surface area contributed by atoms with Crippen LogP contribution in [-0.4, -0.2) is 5.91 Å². The number of rotatable bonds is 2. The van der Waals surface area contributed by atoms with Crippen molar-refractivity contribution >= 4 is 5.91 Å². The molecule has 1 aromatic carbocycles. The Morgan fingerprint density at radius 1 is 1.18 bits per heavy atom. The maximum atomic E-state index is 13.7. The monoisotopic (exact) mass is 239 g/mol. The zero-order valence-corrected chi connectivity index (χ0v) is 9.51. The number of hydrogen-bond donors (Lipinski definition) is 1. The molecule has 0 saturated heterocycles.